The van der Waals surface area contributed by atoms with E-state index in [9.17, 15) is 19.5 Å². The number of hydrogen-bond acceptors (Lipinski definition) is 5. The van der Waals surface area contributed by atoms with E-state index in [1.165, 1.54) is 19.1 Å². The third kappa shape index (κ3) is 2.54. The fourth-order valence-corrected chi connectivity index (χ4v) is 7.82. The number of aliphatic hydroxyl groups excluding tert-OH is 1. The maximum absolute atomic E-state index is 17.1. The van der Waals surface area contributed by atoms with Crippen LogP contribution in [0.3, 0.4) is 0 Å². The highest BCUT2D eigenvalue weighted by Gasteiger charge is 2.76. The minimum Gasteiger partial charge on any atom is -0.450 e. The van der Waals surface area contributed by atoms with Gasteiger partial charge in [0.25, 0.3) is 0 Å². The van der Waals surface area contributed by atoms with Gasteiger partial charge in [-0.3, -0.25) is 14.4 Å². The first-order valence-corrected chi connectivity index (χ1v) is 11.4. The molecule has 0 aromatic carbocycles. The number of fused-ring (bicyclic) bond motifs is 5. The molecule has 0 aromatic rings. The predicted molar refractivity (Wildman–Crippen MR) is 113 cm³/mol. The molecule has 3 saturated carbocycles. The van der Waals surface area contributed by atoms with E-state index < -0.39 is 40.1 Å². The van der Waals surface area contributed by atoms with Crippen molar-refractivity contribution in [2.45, 2.75) is 84.1 Å². The fraction of sp³-hybridized carbons (Fsp3) is 0.720. The monoisotopic (exact) mass is 432 g/mol. The summed E-state index contributed by atoms with van der Waals surface area (Å²) < 4.78 is 23.0. The number of esters is 1. The number of alkyl halides is 1. The lowest BCUT2D eigenvalue weighted by atomic mass is 9.44. The number of carbonyl (C=O) groups excluding carboxylic acids is 3. The van der Waals surface area contributed by atoms with Crippen LogP contribution in [0.25, 0.3) is 0 Å². The molecule has 1 N–H and O–H groups in total. The van der Waals surface area contributed by atoms with Crippen molar-refractivity contribution in [3.63, 3.8) is 0 Å². The van der Waals surface area contributed by atoms with E-state index in [0.717, 1.165) is 5.57 Å². The van der Waals surface area contributed by atoms with Crippen molar-refractivity contribution in [3.05, 3.63) is 23.8 Å². The summed E-state index contributed by atoms with van der Waals surface area (Å²) in [5, 5.41) is 11.4. The van der Waals surface area contributed by atoms with Gasteiger partial charge in [0.05, 0.1) is 6.10 Å². The number of carbonyl (C=O) groups is 3. The number of rotatable bonds is 3. The Balaban J connectivity index is 1.84. The summed E-state index contributed by atoms with van der Waals surface area (Å²) in [4.78, 5) is 37.4. The molecule has 4 rings (SSSR count). The summed E-state index contributed by atoms with van der Waals surface area (Å²) in [6, 6.07) is 0. The minimum atomic E-state index is -1.96. The molecule has 0 bridgehead atoms. The van der Waals surface area contributed by atoms with Gasteiger partial charge >= 0.3 is 5.97 Å². The van der Waals surface area contributed by atoms with Crippen LogP contribution in [0.2, 0.25) is 0 Å². The van der Waals surface area contributed by atoms with E-state index in [1.807, 2.05) is 13.8 Å². The van der Waals surface area contributed by atoms with Crippen LogP contribution in [-0.2, 0) is 19.1 Å². The SMILES string of the molecule is CCC(=O)O[C@@]1(C(C)=O)[C@@H](C)C[C@H]2[C@@H]3CCC4=CC(=O)C=C[C@]4(C)[C@@]3(F)[C@@H](O)C[C@@]21C. The van der Waals surface area contributed by atoms with Crippen molar-refractivity contribution in [1.29, 1.82) is 0 Å². The van der Waals surface area contributed by atoms with Crippen molar-refractivity contribution in [3.8, 4) is 0 Å². The molecule has 8 atom stereocenters. The highest BCUT2D eigenvalue weighted by Crippen LogP contribution is 2.71. The molecule has 0 heterocycles. The average Bonchev–Trinajstić information content (AvgIpc) is 2.91. The normalized spacial score (nSPS) is 48.4. The molecule has 0 spiro atoms. The lowest BCUT2D eigenvalue weighted by Gasteiger charge is -2.62. The summed E-state index contributed by atoms with van der Waals surface area (Å²) in [7, 11) is 0. The van der Waals surface area contributed by atoms with Gasteiger partial charge in [0, 0.05) is 29.1 Å². The molecule has 0 saturated heterocycles. The van der Waals surface area contributed by atoms with Crippen molar-refractivity contribution >= 4 is 17.5 Å². The van der Waals surface area contributed by atoms with E-state index in [2.05, 4.69) is 0 Å². The molecule has 4 aliphatic rings. The number of hydrogen-bond donors (Lipinski definition) is 1. The first-order chi connectivity index (χ1) is 14.4. The van der Waals surface area contributed by atoms with Gasteiger partial charge in [0.15, 0.2) is 22.8 Å². The molecule has 6 heteroatoms. The summed E-state index contributed by atoms with van der Waals surface area (Å²) >= 11 is 0. The Labute approximate surface area is 183 Å². The summed E-state index contributed by atoms with van der Waals surface area (Å²) in [6.45, 7) is 8.69. The first-order valence-electron chi connectivity index (χ1n) is 11.4. The molecule has 31 heavy (non-hydrogen) atoms. The van der Waals surface area contributed by atoms with Crippen molar-refractivity contribution in [1.82, 2.24) is 0 Å². The maximum Gasteiger partial charge on any atom is 0.306 e. The van der Waals surface area contributed by atoms with Crippen LogP contribution >= 0.6 is 0 Å². The van der Waals surface area contributed by atoms with Gasteiger partial charge in [-0.05, 0) is 57.6 Å². The molecule has 170 valence electrons. The van der Waals surface area contributed by atoms with Crippen molar-refractivity contribution in [2.75, 3.05) is 0 Å². The van der Waals surface area contributed by atoms with Gasteiger partial charge < -0.3 is 9.84 Å². The van der Waals surface area contributed by atoms with Crippen LogP contribution < -0.4 is 0 Å². The highest BCUT2D eigenvalue weighted by atomic mass is 19.1. The second-order valence-corrected chi connectivity index (χ2v) is 10.5. The standard InChI is InChI=1S/C25H33FO5/c1-6-21(30)31-25(15(3)27)14(2)11-19-18-8-7-16-12-17(28)9-10-22(16,4)24(18,26)20(29)13-23(19,25)5/h9-10,12,14,18-20,29H,6-8,11,13H2,1-5H3/t14-,18-,19-,20-,22-,23-,24-,25+/m0/s1. The van der Waals surface area contributed by atoms with Gasteiger partial charge in [0.1, 0.15) is 0 Å². The Morgan fingerprint density at radius 2 is 1.97 bits per heavy atom. The molecule has 4 aliphatic carbocycles. The zero-order chi connectivity index (χ0) is 23.0. The van der Waals surface area contributed by atoms with Crippen molar-refractivity contribution < 1.29 is 28.6 Å². The first kappa shape index (κ1) is 22.4. The third-order valence-electron chi connectivity index (χ3n) is 9.27. The van der Waals surface area contributed by atoms with Gasteiger partial charge in [-0.2, -0.15) is 0 Å². The van der Waals surface area contributed by atoms with E-state index in [0.29, 0.717) is 19.3 Å². The van der Waals surface area contributed by atoms with Crippen LogP contribution in [0.1, 0.15) is 66.7 Å². The Kier molecular flexibility index (Phi) is 4.94. The van der Waals surface area contributed by atoms with Gasteiger partial charge in [-0.25, -0.2) is 4.39 Å². The number of aliphatic hydroxyl groups is 1. The van der Waals surface area contributed by atoms with Gasteiger partial charge in [-0.1, -0.05) is 32.4 Å². The van der Waals surface area contributed by atoms with Crippen LogP contribution in [0.15, 0.2) is 23.8 Å². The number of ether oxygens (including phenoxy) is 1. The van der Waals surface area contributed by atoms with Crippen molar-refractivity contribution in [2.24, 2.45) is 28.6 Å². The topological polar surface area (TPSA) is 80.7 Å². The van der Waals surface area contributed by atoms with Crippen LogP contribution in [-0.4, -0.2) is 40.0 Å². The molecule has 5 nitrogen and oxygen atoms in total. The number of halogens is 1. The van der Waals surface area contributed by atoms with Gasteiger partial charge in [0.2, 0.25) is 0 Å². The Morgan fingerprint density at radius 3 is 2.58 bits per heavy atom. The van der Waals surface area contributed by atoms with Crippen LogP contribution in [0.4, 0.5) is 4.39 Å². The summed E-state index contributed by atoms with van der Waals surface area (Å²) in [6.07, 6.45) is 4.95. The van der Waals surface area contributed by atoms with Gasteiger partial charge in [-0.15, -0.1) is 0 Å². The lowest BCUT2D eigenvalue weighted by molar-refractivity contribution is -0.227. The molecule has 0 aromatic heterocycles. The summed E-state index contributed by atoms with van der Waals surface area (Å²) in [5.41, 5.74) is -4.55. The maximum atomic E-state index is 17.1. The molecule has 3 fully saturated rings. The number of allylic oxidation sites excluding steroid dienone is 4. The van der Waals surface area contributed by atoms with E-state index >= 15 is 4.39 Å². The fourth-order valence-electron chi connectivity index (χ4n) is 7.82. The Morgan fingerprint density at radius 1 is 1.29 bits per heavy atom. The summed E-state index contributed by atoms with van der Waals surface area (Å²) in [5.74, 6) is -1.86. The molecular formula is C25H33FO5. The number of Topliss-reactive ketones (excluding diaryl/α,β-unsaturated/α-hetero) is 1. The molecule has 0 radical (unpaired) electrons. The zero-order valence-electron chi connectivity index (χ0n) is 19.0. The van der Waals surface area contributed by atoms with E-state index in [-0.39, 0.29) is 36.2 Å². The zero-order valence-corrected chi connectivity index (χ0v) is 19.0. The second-order valence-electron chi connectivity index (χ2n) is 10.5. The predicted octanol–water partition coefficient (Wildman–Crippen LogP) is 3.88. The highest BCUT2D eigenvalue weighted by molar-refractivity contribution is 6.01. The molecular weight excluding hydrogens is 399 g/mol. The number of ketones is 2. The quantitative estimate of drug-likeness (QED) is 0.685. The second kappa shape index (κ2) is 6.84. The third-order valence-corrected chi connectivity index (χ3v) is 9.27. The van der Waals surface area contributed by atoms with E-state index in [4.69, 9.17) is 4.74 Å². The van der Waals surface area contributed by atoms with Crippen LogP contribution in [0, 0.1) is 28.6 Å². The Hall–Kier alpha value is -1.82. The van der Waals surface area contributed by atoms with Crippen LogP contribution in [0.5, 0.6) is 0 Å². The van der Waals surface area contributed by atoms with E-state index in [1.54, 1.807) is 19.9 Å². The molecule has 0 aliphatic heterocycles. The smallest absolute Gasteiger partial charge is 0.306 e. The largest absolute Gasteiger partial charge is 0.450 e. The molecule has 0 amide bonds. The minimum absolute atomic E-state index is 0.0240. The molecule has 0 unspecified atom stereocenters. The average molecular weight is 433 g/mol. The lowest BCUT2D eigenvalue weighted by Crippen LogP contribution is -2.69. The Bertz CT molecular complexity index is 908.